The van der Waals surface area contributed by atoms with Crippen LogP contribution in [0.5, 0.6) is 11.5 Å². The molecule has 30 heavy (non-hydrogen) atoms. The zero-order valence-corrected chi connectivity index (χ0v) is 17.4. The van der Waals surface area contributed by atoms with E-state index in [9.17, 15) is 13.2 Å². The number of ether oxygens (including phenoxy) is 1. The highest BCUT2D eigenvalue weighted by Crippen LogP contribution is 2.44. The van der Waals surface area contributed by atoms with Crippen LogP contribution in [-0.2, 0) is 14.8 Å². The van der Waals surface area contributed by atoms with Crippen molar-refractivity contribution >= 4 is 21.6 Å². The lowest BCUT2D eigenvalue weighted by molar-refractivity contribution is -0.116. The lowest BCUT2D eigenvalue weighted by atomic mass is 9.87. The molecule has 0 atom stereocenters. The molecular formula is C23H22N2O4S. The number of sulfonamides is 1. The molecule has 6 nitrogen and oxygen atoms in total. The van der Waals surface area contributed by atoms with Crippen LogP contribution in [0, 0.1) is 0 Å². The monoisotopic (exact) mass is 422 g/mol. The number of benzene rings is 3. The maximum Gasteiger partial charge on any atom is 0.240 e. The van der Waals surface area contributed by atoms with Gasteiger partial charge in [-0.3, -0.25) is 4.79 Å². The first-order valence-corrected chi connectivity index (χ1v) is 11.1. The van der Waals surface area contributed by atoms with Crippen LogP contribution < -0.4 is 14.8 Å². The van der Waals surface area contributed by atoms with Gasteiger partial charge in [0.15, 0.2) is 0 Å². The van der Waals surface area contributed by atoms with E-state index in [1.807, 2.05) is 48.5 Å². The number of hydrogen-bond acceptors (Lipinski definition) is 4. The molecule has 2 N–H and O–H groups in total. The van der Waals surface area contributed by atoms with Gasteiger partial charge in [0.1, 0.15) is 11.5 Å². The van der Waals surface area contributed by atoms with Crippen molar-refractivity contribution in [1.29, 1.82) is 0 Å². The van der Waals surface area contributed by atoms with Crippen molar-refractivity contribution in [2.75, 3.05) is 5.32 Å². The smallest absolute Gasteiger partial charge is 0.240 e. The first kappa shape index (κ1) is 20.1. The van der Waals surface area contributed by atoms with Crippen LogP contribution in [-0.4, -0.2) is 20.4 Å². The number of rotatable bonds is 5. The van der Waals surface area contributed by atoms with Crippen LogP contribution in [0.4, 0.5) is 5.69 Å². The molecule has 7 heteroatoms. The highest BCUT2D eigenvalue weighted by atomic mass is 32.2. The Bertz CT molecular complexity index is 1140. The number of carbonyl (C=O) groups is 1. The number of nitrogens with one attached hydrogen (secondary N) is 2. The van der Waals surface area contributed by atoms with Gasteiger partial charge in [-0.15, -0.1) is 0 Å². The van der Waals surface area contributed by atoms with Crippen molar-refractivity contribution in [2.45, 2.75) is 30.7 Å². The van der Waals surface area contributed by atoms with Crippen LogP contribution in [0.3, 0.4) is 0 Å². The Morgan fingerprint density at radius 1 is 0.867 bits per heavy atom. The summed E-state index contributed by atoms with van der Waals surface area (Å²) in [5, 5.41) is 2.90. The Morgan fingerprint density at radius 3 is 1.93 bits per heavy atom. The second-order valence-corrected chi connectivity index (χ2v) is 9.11. The number of carbonyl (C=O) groups excluding carboxylic acids is 1. The van der Waals surface area contributed by atoms with E-state index >= 15 is 0 Å². The van der Waals surface area contributed by atoms with E-state index in [0.717, 1.165) is 11.1 Å². The summed E-state index contributed by atoms with van der Waals surface area (Å²) in [6.45, 7) is 3.52. The van der Waals surface area contributed by atoms with Crippen LogP contribution in [0.2, 0.25) is 0 Å². The van der Waals surface area contributed by atoms with Crippen LogP contribution >= 0.6 is 0 Å². The molecule has 0 aliphatic carbocycles. The molecule has 1 aliphatic rings. The molecule has 4 rings (SSSR count). The average molecular weight is 423 g/mol. The fourth-order valence-corrected chi connectivity index (χ4v) is 4.75. The molecule has 0 unspecified atom stereocenters. The summed E-state index contributed by atoms with van der Waals surface area (Å²) in [5.41, 5.74) is 2.09. The summed E-state index contributed by atoms with van der Waals surface area (Å²) in [5.74, 6) is 0.557. The quantitative estimate of drug-likeness (QED) is 0.644. The first-order valence-electron chi connectivity index (χ1n) is 9.64. The third-order valence-electron chi connectivity index (χ3n) is 4.77. The summed E-state index contributed by atoms with van der Waals surface area (Å²) in [6.07, 6.45) is 0. The number of anilines is 1. The van der Waals surface area contributed by atoms with E-state index < -0.39 is 15.9 Å². The summed E-state index contributed by atoms with van der Waals surface area (Å²) >= 11 is 0. The number of amides is 1. The van der Waals surface area contributed by atoms with Gasteiger partial charge in [-0.1, -0.05) is 36.4 Å². The van der Waals surface area contributed by atoms with Gasteiger partial charge in [0.05, 0.1) is 10.8 Å². The molecule has 0 radical (unpaired) electrons. The molecule has 1 heterocycles. The Hall–Kier alpha value is -3.16. The van der Waals surface area contributed by atoms with Gasteiger partial charge < -0.3 is 10.1 Å². The molecule has 154 valence electrons. The van der Waals surface area contributed by atoms with E-state index in [2.05, 4.69) is 10.0 Å². The molecule has 1 amide bonds. The molecule has 0 aromatic heterocycles. The lowest BCUT2D eigenvalue weighted by Crippen LogP contribution is -2.30. The van der Waals surface area contributed by atoms with Crippen molar-refractivity contribution in [3.05, 3.63) is 83.9 Å². The van der Waals surface area contributed by atoms with Crippen molar-refractivity contribution < 1.29 is 17.9 Å². The summed E-state index contributed by atoms with van der Waals surface area (Å²) in [4.78, 5) is 13.4. The predicted molar refractivity (Wildman–Crippen MR) is 115 cm³/mol. The normalized spacial score (nSPS) is 13.3. The maximum absolute atomic E-state index is 13.2. The van der Waals surface area contributed by atoms with Gasteiger partial charge in [-0.2, -0.15) is 0 Å². The van der Waals surface area contributed by atoms with Gasteiger partial charge >= 0.3 is 0 Å². The second-order valence-electron chi connectivity index (χ2n) is 7.40. The molecule has 0 bridgehead atoms. The summed E-state index contributed by atoms with van der Waals surface area (Å²) < 4.78 is 33.1. The topological polar surface area (TPSA) is 84.5 Å². The summed E-state index contributed by atoms with van der Waals surface area (Å²) in [7, 11) is -3.58. The van der Waals surface area contributed by atoms with Crippen LogP contribution in [0.1, 0.15) is 30.9 Å². The van der Waals surface area contributed by atoms with Crippen molar-refractivity contribution in [3.8, 4) is 11.5 Å². The van der Waals surface area contributed by atoms with E-state index in [0.29, 0.717) is 17.2 Å². The van der Waals surface area contributed by atoms with E-state index in [4.69, 9.17) is 4.74 Å². The third kappa shape index (κ3) is 3.94. The van der Waals surface area contributed by atoms with Gasteiger partial charge in [0.25, 0.3) is 0 Å². The molecule has 0 saturated carbocycles. The van der Waals surface area contributed by atoms with Crippen molar-refractivity contribution in [2.24, 2.45) is 0 Å². The fourth-order valence-electron chi connectivity index (χ4n) is 3.50. The molecule has 3 aromatic carbocycles. The van der Waals surface area contributed by atoms with Crippen LogP contribution in [0.25, 0.3) is 0 Å². The number of fused-ring (bicyclic) bond motifs is 2. The fraction of sp³-hybridized carbons (Fsp3) is 0.174. The Labute approximate surface area is 176 Å². The Kier molecular flexibility index (Phi) is 5.32. The minimum atomic E-state index is -3.58. The van der Waals surface area contributed by atoms with E-state index in [1.54, 1.807) is 26.0 Å². The van der Waals surface area contributed by atoms with Gasteiger partial charge in [-0.05, 0) is 50.2 Å². The molecule has 0 saturated heterocycles. The standard InChI is InChI=1S/C23H22N2O4S/c1-15(2)25-30(27,28)17-13-11-16(12-14-17)24-23(26)22-18-7-3-5-9-20(18)29-21-10-6-4-8-19(21)22/h3-15,22,25H,1-2H3,(H,24,26). The zero-order valence-electron chi connectivity index (χ0n) is 16.6. The van der Waals surface area contributed by atoms with E-state index in [-0.39, 0.29) is 16.8 Å². The summed E-state index contributed by atoms with van der Waals surface area (Å²) in [6, 6.07) is 20.8. The first-order chi connectivity index (χ1) is 14.3. The van der Waals surface area contributed by atoms with E-state index in [1.165, 1.54) is 12.1 Å². The average Bonchev–Trinajstić information content (AvgIpc) is 2.71. The Morgan fingerprint density at radius 2 is 1.40 bits per heavy atom. The number of hydrogen-bond donors (Lipinski definition) is 2. The zero-order chi connectivity index (χ0) is 21.3. The third-order valence-corrected chi connectivity index (χ3v) is 6.44. The van der Waals surface area contributed by atoms with Crippen molar-refractivity contribution in [1.82, 2.24) is 4.72 Å². The lowest BCUT2D eigenvalue weighted by Gasteiger charge is -2.27. The van der Waals surface area contributed by atoms with Gasteiger partial charge in [-0.25, -0.2) is 13.1 Å². The molecule has 3 aromatic rings. The molecule has 0 spiro atoms. The Balaban J connectivity index is 1.61. The van der Waals surface area contributed by atoms with Gasteiger partial charge in [0.2, 0.25) is 15.9 Å². The number of para-hydroxylation sites is 2. The largest absolute Gasteiger partial charge is 0.457 e. The highest BCUT2D eigenvalue weighted by molar-refractivity contribution is 7.89. The predicted octanol–water partition coefficient (Wildman–Crippen LogP) is 4.25. The van der Waals surface area contributed by atoms with Crippen LogP contribution in [0.15, 0.2) is 77.7 Å². The molecule has 1 aliphatic heterocycles. The minimum Gasteiger partial charge on any atom is -0.457 e. The molecule has 0 fully saturated rings. The van der Waals surface area contributed by atoms with Gasteiger partial charge in [0, 0.05) is 22.9 Å². The second kappa shape index (κ2) is 7.93. The molecular weight excluding hydrogens is 400 g/mol. The minimum absolute atomic E-state index is 0.149. The SMILES string of the molecule is CC(C)NS(=O)(=O)c1ccc(NC(=O)C2c3ccccc3Oc3ccccc32)cc1. The maximum atomic E-state index is 13.2. The van der Waals surface area contributed by atoms with Crippen molar-refractivity contribution in [3.63, 3.8) is 0 Å². The highest BCUT2D eigenvalue weighted by Gasteiger charge is 2.32.